The zero-order valence-electron chi connectivity index (χ0n) is 10.4. The van der Waals surface area contributed by atoms with Crippen molar-refractivity contribution < 1.29 is 0 Å². The van der Waals surface area contributed by atoms with E-state index in [1.165, 1.54) is 25.7 Å². The van der Waals surface area contributed by atoms with Crippen LogP contribution in [-0.2, 0) is 0 Å². The van der Waals surface area contributed by atoms with Crippen molar-refractivity contribution in [2.45, 2.75) is 31.7 Å². The maximum atomic E-state index is 4.52. The number of hydrogen-bond acceptors (Lipinski definition) is 3. The summed E-state index contributed by atoms with van der Waals surface area (Å²) >= 11 is 0. The minimum Gasteiger partial charge on any atom is -0.341 e. The lowest BCUT2D eigenvalue weighted by Crippen LogP contribution is -2.21. The van der Waals surface area contributed by atoms with Crippen molar-refractivity contribution >= 4 is 0 Å². The molecule has 0 radical (unpaired) electrons. The van der Waals surface area contributed by atoms with Gasteiger partial charge in [0.15, 0.2) is 0 Å². The molecule has 1 atom stereocenters. The summed E-state index contributed by atoms with van der Waals surface area (Å²) < 4.78 is 0. The van der Waals surface area contributed by atoms with Crippen LogP contribution in [0.2, 0.25) is 0 Å². The van der Waals surface area contributed by atoms with Gasteiger partial charge < -0.3 is 10.3 Å². The molecule has 0 amide bonds. The van der Waals surface area contributed by atoms with Crippen LogP contribution in [0.1, 0.15) is 37.5 Å². The highest BCUT2D eigenvalue weighted by Crippen LogP contribution is 2.23. The topological polar surface area (TPSA) is 53.6 Å². The number of aromatic nitrogens is 3. The van der Waals surface area contributed by atoms with Crippen molar-refractivity contribution in [1.82, 2.24) is 20.3 Å². The highest BCUT2D eigenvalue weighted by Gasteiger charge is 2.16. The number of nitrogens with one attached hydrogen (secondary N) is 2. The Hall–Kier alpha value is -1.68. The van der Waals surface area contributed by atoms with Gasteiger partial charge in [0.25, 0.3) is 0 Å². The van der Waals surface area contributed by atoms with E-state index in [9.17, 15) is 0 Å². The molecule has 4 heteroatoms. The van der Waals surface area contributed by atoms with E-state index >= 15 is 0 Å². The Morgan fingerprint density at radius 1 is 1.11 bits per heavy atom. The van der Waals surface area contributed by atoms with Gasteiger partial charge in [0, 0.05) is 18.0 Å². The molecule has 0 saturated carbocycles. The van der Waals surface area contributed by atoms with Crippen molar-refractivity contribution in [3.05, 3.63) is 36.5 Å². The fraction of sp³-hybridized carbons (Fsp3) is 0.429. The second-order valence-corrected chi connectivity index (χ2v) is 4.77. The van der Waals surface area contributed by atoms with Crippen LogP contribution in [0.15, 0.2) is 30.7 Å². The molecule has 94 valence electrons. The van der Waals surface area contributed by atoms with Crippen LogP contribution in [0, 0.1) is 0 Å². The first-order valence-electron chi connectivity index (χ1n) is 6.62. The van der Waals surface area contributed by atoms with Gasteiger partial charge in [-0.1, -0.05) is 12.8 Å². The summed E-state index contributed by atoms with van der Waals surface area (Å²) in [6, 6.07) is 4.37. The number of rotatable bonds is 2. The summed E-state index contributed by atoms with van der Waals surface area (Å²) in [5.74, 6) is 1.06. The number of aromatic amines is 1. The molecule has 1 saturated heterocycles. The molecule has 2 aromatic heterocycles. The Morgan fingerprint density at radius 3 is 2.89 bits per heavy atom. The highest BCUT2D eigenvalue weighted by atomic mass is 15.0. The minimum absolute atomic E-state index is 0.378. The Bertz CT molecular complexity index is 484. The lowest BCUT2D eigenvalue weighted by Gasteiger charge is -2.12. The first-order valence-corrected chi connectivity index (χ1v) is 6.62. The molecule has 0 aliphatic carbocycles. The summed E-state index contributed by atoms with van der Waals surface area (Å²) in [5, 5.41) is 3.56. The first-order chi connectivity index (χ1) is 8.93. The van der Waals surface area contributed by atoms with Crippen molar-refractivity contribution in [2.75, 3.05) is 6.54 Å². The lowest BCUT2D eigenvalue weighted by atomic mass is 10.1. The van der Waals surface area contributed by atoms with Crippen LogP contribution in [0.3, 0.4) is 0 Å². The summed E-state index contributed by atoms with van der Waals surface area (Å²) in [5.41, 5.74) is 2.20. The van der Waals surface area contributed by atoms with Gasteiger partial charge in [-0.05, 0) is 31.5 Å². The molecule has 0 spiro atoms. The number of nitrogens with zero attached hydrogens (tertiary/aromatic N) is 2. The minimum atomic E-state index is 0.378. The van der Waals surface area contributed by atoms with Crippen LogP contribution in [0.25, 0.3) is 11.3 Å². The summed E-state index contributed by atoms with van der Waals surface area (Å²) in [4.78, 5) is 12.0. The number of H-pyrrole nitrogens is 1. The predicted octanol–water partition coefficient (Wildman–Crippen LogP) is 2.68. The molecule has 1 aliphatic heterocycles. The van der Waals surface area contributed by atoms with Crippen LogP contribution in [0.5, 0.6) is 0 Å². The van der Waals surface area contributed by atoms with Crippen molar-refractivity contribution in [3.8, 4) is 11.3 Å². The second kappa shape index (κ2) is 5.31. The van der Waals surface area contributed by atoms with Crippen LogP contribution < -0.4 is 5.32 Å². The number of hydrogen-bond donors (Lipinski definition) is 2. The fourth-order valence-corrected chi connectivity index (χ4v) is 2.45. The van der Waals surface area contributed by atoms with Crippen LogP contribution >= 0.6 is 0 Å². The van der Waals surface area contributed by atoms with E-state index in [2.05, 4.69) is 20.3 Å². The third kappa shape index (κ3) is 2.43. The molecule has 1 fully saturated rings. The van der Waals surface area contributed by atoms with E-state index in [0.717, 1.165) is 23.6 Å². The Kier molecular flexibility index (Phi) is 3.37. The normalized spacial score (nSPS) is 20.6. The molecular weight excluding hydrogens is 224 g/mol. The molecular formula is C14H18N4. The van der Waals surface area contributed by atoms with E-state index in [-0.39, 0.29) is 0 Å². The van der Waals surface area contributed by atoms with E-state index in [4.69, 9.17) is 0 Å². The van der Waals surface area contributed by atoms with E-state index in [1.54, 1.807) is 12.4 Å². The van der Waals surface area contributed by atoms with Gasteiger partial charge in [-0.25, -0.2) is 4.98 Å². The first kappa shape index (κ1) is 11.4. The average molecular weight is 242 g/mol. The Balaban J connectivity index is 1.80. The van der Waals surface area contributed by atoms with Crippen LogP contribution in [-0.4, -0.2) is 21.5 Å². The molecule has 1 aliphatic rings. The highest BCUT2D eigenvalue weighted by molar-refractivity contribution is 5.57. The molecule has 2 aromatic rings. The third-order valence-electron chi connectivity index (χ3n) is 3.48. The summed E-state index contributed by atoms with van der Waals surface area (Å²) in [6.45, 7) is 1.09. The number of pyridine rings is 1. The Morgan fingerprint density at radius 2 is 2.00 bits per heavy atom. The maximum Gasteiger partial charge on any atom is 0.123 e. The average Bonchev–Trinajstić information content (AvgIpc) is 2.76. The van der Waals surface area contributed by atoms with Crippen molar-refractivity contribution in [3.63, 3.8) is 0 Å². The van der Waals surface area contributed by atoms with Gasteiger partial charge in [0.1, 0.15) is 5.82 Å². The van der Waals surface area contributed by atoms with Gasteiger partial charge in [-0.15, -0.1) is 0 Å². The molecule has 3 heterocycles. The molecule has 0 aromatic carbocycles. The molecule has 3 rings (SSSR count). The predicted molar refractivity (Wildman–Crippen MR) is 71.0 cm³/mol. The molecule has 1 unspecified atom stereocenters. The summed E-state index contributed by atoms with van der Waals surface area (Å²) in [6.07, 6.45) is 10.6. The monoisotopic (exact) mass is 242 g/mol. The number of imidazole rings is 1. The standard InChI is InChI=1S/C14H18N4/c1-2-4-12(16-7-3-1)14-17-10-13(18-14)11-5-8-15-9-6-11/h5-6,8-10,12,16H,1-4,7H2,(H,17,18). The molecule has 0 bridgehead atoms. The quantitative estimate of drug-likeness (QED) is 0.851. The molecule has 2 N–H and O–H groups in total. The van der Waals surface area contributed by atoms with Crippen molar-refractivity contribution in [1.29, 1.82) is 0 Å². The largest absolute Gasteiger partial charge is 0.341 e. The Labute approximate surface area is 107 Å². The van der Waals surface area contributed by atoms with Gasteiger partial charge >= 0.3 is 0 Å². The van der Waals surface area contributed by atoms with Gasteiger partial charge in [0.05, 0.1) is 17.9 Å². The van der Waals surface area contributed by atoms with Crippen LogP contribution in [0.4, 0.5) is 0 Å². The lowest BCUT2D eigenvalue weighted by molar-refractivity contribution is 0.512. The summed E-state index contributed by atoms with van der Waals surface area (Å²) in [7, 11) is 0. The van der Waals surface area contributed by atoms with E-state index < -0.39 is 0 Å². The zero-order chi connectivity index (χ0) is 12.2. The van der Waals surface area contributed by atoms with Crippen molar-refractivity contribution in [2.24, 2.45) is 0 Å². The van der Waals surface area contributed by atoms with Gasteiger partial charge in [-0.3, -0.25) is 4.98 Å². The molecule has 18 heavy (non-hydrogen) atoms. The fourth-order valence-electron chi connectivity index (χ4n) is 2.45. The van der Waals surface area contributed by atoms with E-state index in [1.807, 2.05) is 18.3 Å². The van der Waals surface area contributed by atoms with Gasteiger partial charge in [-0.2, -0.15) is 0 Å². The molecule has 4 nitrogen and oxygen atoms in total. The van der Waals surface area contributed by atoms with Gasteiger partial charge in [0.2, 0.25) is 0 Å². The smallest absolute Gasteiger partial charge is 0.123 e. The second-order valence-electron chi connectivity index (χ2n) is 4.77. The maximum absolute atomic E-state index is 4.52. The zero-order valence-corrected chi connectivity index (χ0v) is 10.4. The van der Waals surface area contributed by atoms with E-state index in [0.29, 0.717) is 6.04 Å². The SMILES string of the molecule is c1cc(-c2cnc(C3CCCCCN3)[nH]2)ccn1. The third-order valence-corrected chi connectivity index (χ3v) is 3.48.